The van der Waals surface area contributed by atoms with Crippen molar-refractivity contribution in [3.8, 4) is 0 Å². The van der Waals surface area contributed by atoms with Crippen LogP contribution < -0.4 is 10.2 Å². The van der Waals surface area contributed by atoms with E-state index in [-0.39, 0.29) is 36.9 Å². The Morgan fingerprint density at radius 2 is 2.00 bits per heavy atom. The van der Waals surface area contributed by atoms with Crippen LogP contribution in [0, 0.1) is 5.92 Å². The lowest BCUT2D eigenvalue weighted by atomic mass is 10.1. The van der Waals surface area contributed by atoms with Gasteiger partial charge in [-0.15, -0.1) is 0 Å². The van der Waals surface area contributed by atoms with Crippen LogP contribution in [0.25, 0.3) is 0 Å². The van der Waals surface area contributed by atoms with Crippen LogP contribution in [-0.2, 0) is 16.1 Å². The lowest BCUT2D eigenvalue weighted by Crippen LogP contribution is -2.32. The topological polar surface area (TPSA) is 49.4 Å². The Bertz CT molecular complexity index is 877. The molecule has 1 N–H and O–H groups in total. The molecule has 1 saturated heterocycles. The molecule has 0 bridgehead atoms. The molecule has 4 nitrogen and oxygen atoms in total. The van der Waals surface area contributed by atoms with Gasteiger partial charge in [-0.2, -0.15) is 0 Å². The molecule has 0 spiro atoms. The van der Waals surface area contributed by atoms with E-state index >= 15 is 0 Å². The minimum Gasteiger partial charge on any atom is -0.352 e. The van der Waals surface area contributed by atoms with Gasteiger partial charge in [0.1, 0.15) is 0 Å². The van der Waals surface area contributed by atoms with Crippen molar-refractivity contribution in [1.29, 1.82) is 0 Å². The molecule has 2 amide bonds. The van der Waals surface area contributed by atoms with E-state index in [0.717, 1.165) is 0 Å². The Labute approximate surface area is 165 Å². The van der Waals surface area contributed by atoms with Crippen molar-refractivity contribution in [3.63, 3.8) is 0 Å². The zero-order chi connectivity index (χ0) is 19.6. The highest BCUT2D eigenvalue weighted by atomic mass is 35.5. The van der Waals surface area contributed by atoms with Gasteiger partial charge in [0.05, 0.1) is 5.92 Å². The number of anilines is 1. The fourth-order valence-electron chi connectivity index (χ4n) is 2.97. The lowest BCUT2D eigenvalue weighted by Gasteiger charge is -2.17. The van der Waals surface area contributed by atoms with Gasteiger partial charge in [-0.3, -0.25) is 9.59 Å². The molecular formula is C19H16Cl2F2N2O2. The molecule has 142 valence electrons. The number of rotatable bonds is 5. The zero-order valence-corrected chi connectivity index (χ0v) is 15.6. The van der Waals surface area contributed by atoms with Crippen LogP contribution in [0.3, 0.4) is 0 Å². The van der Waals surface area contributed by atoms with E-state index in [2.05, 4.69) is 5.32 Å². The van der Waals surface area contributed by atoms with Crippen molar-refractivity contribution in [2.24, 2.45) is 5.92 Å². The van der Waals surface area contributed by atoms with Gasteiger partial charge in [0.15, 0.2) is 0 Å². The highest BCUT2D eigenvalue weighted by Crippen LogP contribution is 2.29. The van der Waals surface area contributed by atoms with Gasteiger partial charge in [-0.25, -0.2) is 8.78 Å². The standard InChI is InChI=1S/C19H16Cl2F2N2O2/c20-14-4-5-16(21)12(6-14)9-24-19(27)13-8-17(26)25(10-13)15-3-1-2-11(7-15)18(22)23/h1-7,13,18H,8-10H2,(H,24,27). The van der Waals surface area contributed by atoms with Gasteiger partial charge in [0, 0.05) is 40.8 Å². The molecule has 3 rings (SSSR count). The summed E-state index contributed by atoms with van der Waals surface area (Å²) in [6, 6.07) is 10.6. The number of halogens is 4. The number of carbonyl (C=O) groups excluding carboxylic acids is 2. The first-order chi connectivity index (χ1) is 12.8. The maximum absolute atomic E-state index is 12.9. The van der Waals surface area contributed by atoms with Crippen LogP contribution in [0.2, 0.25) is 10.0 Å². The number of hydrogen-bond donors (Lipinski definition) is 1. The van der Waals surface area contributed by atoms with E-state index < -0.39 is 12.3 Å². The molecule has 1 unspecified atom stereocenters. The second-order valence-corrected chi connectivity index (χ2v) is 7.10. The monoisotopic (exact) mass is 412 g/mol. The average Bonchev–Trinajstić information content (AvgIpc) is 3.04. The third-order valence-electron chi connectivity index (χ3n) is 4.39. The van der Waals surface area contributed by atoms with Gasteiger partial charge in [0.2, 0.25) is 11.8 Å². The van der Waals surface area contributed by atoms with E-state index in [4.69, 9.17) is 23.2 Å². The summed E-state index contributed by atoms with van der Waals surface area (Å²) in [4.78, 5) is 26.1. The summed E-state index contributed by atoms with van der Waals surface area (Å²) in [6.45, 7) is 0.324. The normalized spacial score (nSPS) is 16.9. The molecule has 0 aromatic heterocycles. The van der Waals surface area contributed by atoms with Crippen molar-refractivity contribution >= 4 is 40.7 Å². The van der Waals surface area contributed by atoms with Gasteiger partial charge in [-0.05, 0) is 35.9 Å². The third kappa shape index (κ3) is 4.57. The Morgan fingerprint density at radius 1 is 1.22 bits per heavy atom. The minimum atomic E-state index is -2.62. The van der Waals surface area contributed by atoms with Gasteiger partial charge < -0.3 is 10.2 Å². The SMILES string of the molecule is O=C(NCc1cc(Cl)ccc1Cl)C1CC(=O)N(c2cccc(C(F)F)c2)C1. The molecule has 1 fully saturated rings. The van der Waals surface area contributed by atoms with Crippen LogP contribution >= 0.6 is 23.2 Å². The molecule has 0 aliphatic carbocycles. The van der Waals surface area contributed by atoms with Crippen LogP contribution in [0.1, 0.15) is 24.0 Å². The summed E-state index contributed by atoms with van der Waals surface area (Å²) < 4.78 is 25.7. The minimum absolute atomic E-state index is 0.0218. The maximum atomic E-state index is 12.9. The summed E-state index contributed by atoms with van der Waals surface area (Å²) in [5.74, 6) is -1.14. The van der Waals surface area contributed by atoms with Crippen molar-refractivity contribution in [1.82, 2.24) is 5.32 Å². The molecule has 1 atom stereocenters. The molecule has 1 aliphatic heterocycles. The fraction of sp³-hybridized carbons (Fsp3) is 0.263. The first-order valence-corrected chi connectivity index (χ1v) is 9.01. The summed E-state index contributed by atoms with van der Waals surface area (Å²) in [7, 11) is 0. The average molecular weight is 413 g/mol. The van der Waals surface area contributed by atoms with Crippen LogP contribution in [0.5, 0.6) is 0 Å². The van der Waals surface area contributed by atoms with E-state index in [1.807, 2.05) is 0 Å². The summed E-state index contributed by atoms with van der Waals surface area (Å²) in [5, 5.41) is 3.73. The quantitative estimate of drug-likeness (QED) is 0.779. The number of alkyl halides is 2. The largest absolute Gasteiger partial charge is 0.352 e. The molecule has 1 aliphatic rings. The van der Waals surface area contributed by atoms with Gasteiger partial charge in [-0.1, -0.05) is 35.3 Å². The Balaban J connectivity index is 1.65. The highest BCUT2D eigenvalue weighted by Gasteiger charge is 2.35. The number of hydrogen-bond acceptors (Lipinski definition) is 2. The molecule has 8 heteroatoms. The lowest BCUT2D eigenvalue weighted by molar-refractivity contribution is -0.126. The number of amides is 2. The molecular weight excluding hydrogens is 397 g/mol. The molecule has 27 heavy (non-hydrogen) atoms. The van der Waals surface area contributed by atoms with E-state index in [9.17, 15) is 18.4 Å². The van der Waals surface area contributed by atoms with Gasteiger partial charge >= 0.3 is 0 Å². The Morgan fingerprint density at radius 3 is 2.74 bits per heavy atom. The second-order valence-electron chi connectivity index (χ2n) is 6.25. The van der Waals surface area contributed by atoms with Crippen molar-refractivity contribution in [2.75, 3.05) is 11.4 Å². The summed E-state index contributed by atoms with van der Waals surface area (Å²) in [6.07, 6.45) is -2.60. The Kier molecular flexibility index (Phi) is 5.97. The van der Waals surface area contributed by atoms with E-state index in [1.165, 1.54) is 23.1 Å². The number of nitrogens with one attached hydrogen (secondary N) is 1. The summed E-state index contributed by atoms with van der Waals surface area (Å²) >= 11 is 12.0. The predicted octanol–water partition coefficient (Wildman–Crippen LogP) is 4.60. The first-order valence-electron chi connectivity index (χ1n) is 8.25. The highest BCUT2D eigenvalue weighted by molar-refractivity contribution is 6.33. The second kappa shape index (κ2) is 8.23. The van der Waals surface area contributed by atoms with Crippen molar-refractivity contribution in [2.45, 2.75) is 19.4 Å². The molecule has 2 aromatic carbocycles. The third-order valence-corrected chi connectivity index (χ3v) is 4.99. The molecule has 1 heterocycles. The predicted molar refractivity (Wildman–Crippen MR) is 100 cm³/mol. The van der Waals surface area contributed by atoms with Crippen molar-refractivity contribution in [3.05, 3.63) is 63.6 Å². The van der Waals surface area contributed by atoms with Crippen LogP contribution in [0.4, 0.5) is 14.5 Å². The molecule has 0 saturated carbocycles. The maximum Gasteiger partial charge on any atom is 0.263 e. The van der Waals surface area contributed by atoms with Gasteiger partial charge in [0.25, 0.3) is 6.43 Å². The number of benzene rings is 2. The Hall–Kier alpha value is -2.18. The molecule has 2 aromatic rings. The van der Waals surface area contributed by atoms with E-state index in [1.54, 1.807) is 24.3 Å². The van der Waals surface area contributed by atoms with E-state index in [0.29, 0.717) is 21.3 Å². The van der Waals surface area contributed by atoms with Crippen LogP contribution in [0.15, 0.2) is 42.5 Å². The zero-order valence-electron chi connectivity index (χ0n) is 14.1. The smallest absolute Gasteiger partial charge is 0.263 e. The number of nitrogens with zero attached hydrogens (tertiary/aromatic N) is 1. The number of carbonyl (C=O) groups is 2. The van der Waals surface area contributed by atoms with Crippen molar-refractivity contribution < 1.29 is 18.4 Å². The fourth-order valence-corrected chi connectivity index (χ4v) is 3.35. The first kappa shape index (κ1) is 19.6. The van der Waals surface area contributed by atoms with Crippen LogP contribution in [-0.4, -0.2) is 18.4 Å². The summed E-state index contributed by atoms with van der Waals surface area (Å²) in [5.41, 5.74) is 0.873. The molecule has 0 radical (unpaired) electrons.